The molecule has 0 unspecified atom stereocenters. The summed E-state index contributed by atoms with van der Waals surface area (Å²) < 4.78 is 0. The number of aryl methyl sites for hydroxylation is 3. The van der Waals surface area contributed by atoms with Gasteiger partial charge in [0.2, 0.25) is 5.91 Å². The van der Waals surface area contributed by atoms with Crippen molar-refractivity contribution in [2.24, 2.45) is 5.41 Å². The first-order valence-electron chi connectivity index (χ1n) is 9.96. The maximum absolute atomic E-state index is 12.4. The third-order valence-electron chi connectivity index (χ3n) is 5.13. The van der Waals surface area contributed by atoms with E-state index in [9.17, 15) is 4.79 Å². The van der Waals surface area contributed by atoms with Crippen molar-refractivity contribution in [1.82, 2.24) is 0 Å². The largest absolute Gasteiger partial charge is 0.367 e. The highest BCUT2D eigenvalue weighted by atomic mass is 16.1. The number of fused-ring (bicyclic) bond motifs is 1. The highest BCUT2D eigenvalue weighted by Gasteiger charge is 2.19. The first kappa shape index (κ1) is 19.5. The molecule has 3 rings (SSSR count). The molecule has 1 N–H and O–H groups in total. The predicted molar refractivity (Wildman–Crippen MR) is 114 cm³/mol. The lowest BCUT2D eigenvalue weighted by molar-refractivity contribution is -0.117. The van der Waals surface area contributed by atoms with Crippen molar-refractivity contribution < 1.29 is 4.79 Å². The average molecular weight is 365 g/mol. The second-order valence-electron chi connectivity index (χ2n) is 9.04. The minimum Gasteiger partial charge on any atom is -0.367 e. The molecule has 2 aromatic carbocycles. The van der Waals surface area contributed by atoms with Crippen LogP contribution in [0.5, 0.6) is 0 Å². The Hall–Kier alpha value is -2.29. The van der Waals surface area contributed by atoms with Gasteiger partial charge in [0, 0.05) is 30.9 Å². The molecule has 3 nitrogen and oxygen atoms in total. The van der Waals surface area contributed by atoms with Crippen LogP contribution in [0, 0.1) is 19.3 Å². The average Bonchev–Trinajstić information content (AvgIpc) is 2.57. The second-order valence-corrected chi connectivity index (χ2v) is 9.04. The van der Waals surface area contributed by atoms with Gasteiger partial charge in [-0.05, 0) is 60.4 Å². The molecule has 1 amide bonds. The number of carbonyl (C=O) groups excluding carboxylic acids is 1. The molecular formula is C24H32N2O. The number of hydrogen-bond acceptors (Lipinski definition) is 2. The summed E-state index contributed by atoms with van der Waals surface area (Å²) in [5.74, 6) is 0.0893. The molecule has 0 fully saturated rings. The van der Waals surface area contributed by atoms with E-state index in [1.807, 2.05) is 0 Å². The summed E-state index contributed by atoms with van der Waals surface area (Å²) in [5, 5.41) is 3.13. The first-order valence-corrected chi connectivity index (χ1v) is 9.96. The van der Waals surface area contributed by atoms with Crippen molar-refractivity contribution in [3.05, 3.63) is 58.7 Å². The Bertz CT molecular complexity index is 810. The number of carbonyl (C=O) groups is 1. The molecule has 2 aromatic rings. The molecule has 144 valence electrons. The summed E-state index contributed by atoms with van der Waals surface area (Å²) in [4.78, 5) is 14.8. The highest BCUT2D eigenvalue weighted by Crippen LogP contribution is 2.30. The van der Waals surface area contributed by atoms with E-state index in [2.05, 4.69) is 81.2 Å². The van der Waals surface area contributed by atoms with Crippen molar-refractivity contribution in [1.29, 1.82) is 0 Å². The van der Waals surface area contributed by atoms with Crippen molar-refractivity contribution in [2.75, 3.05) is 16.8 Å². The van der Waals surface area contributed by atoms with E-state index in [1.165, 1.54) is 29.7 Å². The topological polar surface area (TPSA) is 32.3 Å². The smallest absolute Gasteiger partial charge is 0.224 e. The zero-order valence-electron chi connectivity index (χ0n) is 17.4. The molecule has 0 bridgehead atoms. The van der Waals surface area contributed by atoms with Crippen molar-refractivity contribution >= 4 is 17.3 Å². The van der Waals surface area contributed by atoms with Gasteiger partial charge in [-0.1, -0.05) is 51.1 Å². The summed E-state index contributed by atoms with van der Waals surface area (Å²) in [6.07, 6.45) is 2.90. The fourth-order valence-electron chi connectivity index (χ4n) is 4.00. The van der Waals surface area contributed by atoms with Gasteiger partial charge >= 0.3 is 0 Å². The third-order valence-corrected chi connectivity index (χ3v) is 5.13. The number of nitrogens with one attached hydrogen (secondary N) is 1. The molecule has 3 heteroatoms. The highest BCUT2D eigenvalue weighted by molar-refractivity contribution is 5.92. The number of amides is 1. The number of anilines is 2. The second kappa shape index (κ2) is 7.75. The third kappa shape index (κ3) is 4.91. The van der Waals surface area contributed by atoms with E-state index in [-0.39, 0.29) is 11.3 Å². The molecule has 0 saturated carbocycles. The molecule has 27 heavy (non-hydrogen) atoms. The fourth-order valence-corrected chi connectivity index (χ4v) is 4.00. The lowest BCUT2D eigenvalue weighted by Crippen LogP contribution is -2.28. The summed E-state index contributed by atoms with van der Waals surface area (Å²) in [6.45, 7) is 12.5. The van der Waals surface area contributed by atoms with E-state index < -0.39 is 0 Å². The Morgan fingerprint density at radius 3 is 2.44 bits per heavy atom. The number of nitrogens with zero attached hydrogens (tertiary/aromatic N) is 1. The Morgan fingerprint density at radius 2 is 1.78 bits per heavy atom. The lowest BCUT2D eigenvalue weighted by atomic mass is 9.91. The van der Waals surface area contributed by atoms with Crippen LogP contribution in [0.4, 0.5) is 11.4 Å². The molecule has 0 aromatic heterocycles. The minimum atomic E-state index is -0.00646. The van der Waals surface area contributed by atoms with Gasteiger partial charge in [0.05, 0.1) is 0 Å². The fraction of sp³-hybridized carbons (Fsp3) is 0.458. The number of hydrogen-bond donors (Lipinski definition) is 1. The van der Waals surface area contributed by atoms with Gasteiger partial charge in [0.25, 0.3) is 0 Å². The van der Waals surface area contributed by atoms with Crippen LogP contribution in [-0.4, -0.2) is 12.5 Å². The van der Waals surface area contributed by atoms with Gasteiger partial charge in [-0.3, -0.25) is 4.79 Å². The van der Waals surface area contributed by atoms with E-state index in [1.54, 1.807) is 0 Å². The van der Waals surface area contributed by atoms with E-state index in [0.29, 0.717) is 6.42 Å². The van der Waals surface area contributed by atoms with Crippen LogP contribution in [0.25, 0.3) is 0 Å². The number of para-hydroxylation sites is 1. The van der Waals surface area contributed by atoms with Gasteiger partial charge in [0.15, 0.2) is 0 Å². The van der Waals surface area contributed by atoms with Crippen LogP contribution in [0.1, 0.15) is 55.9 Å². The molecule has 0 spiro atoms. The predicted octanol–water partition coefficient (Wildman–Crippen LogP) is 5.63. The van der Waals surface area contributed by atoms with Crippen molar-refractivity contribution in [3.63, 3.8) is 0 Å². The monoisotopic (exact) mass is 364 g/mol. The molecule has 1 aliphatic heterocycles. The molecule has 0 radical (unpaired) electrons. The number of benzene rings is 2. The van der Waals surface area contributed by atoms with Crippen LogP contribution in [0.3, 0.4) is 0 Å². The Balaban J connectivity index is 1.77. The van der Waals surface area contributed by atoms with Crippen molar-refractivity contribution in [3.8, 4) is 0 Å². The lowest BCUT2D eigenvalue weighted by Gasteiger charge is -2.31. The maximum Gasteiger partial charge on any atom is 0.224 e. The van der Waals surface area contributed by atoms with Gasteiger partial charge < -0.3 is 10.2 Å². The summed E-state index contributed by atoms with van der Waals surface area (Å²) in [5.41, 5.74) is 7.34. The Labute approximate surface area is 163 Å². The molecule has 1 aliphatic rings. The molecule has 0 atom stereocenters. The zero-order chi connectivity index (χ0) is 19.6. The Kier molecular flexibility index (Phi) is 5.59. The van der Waals surface area contributed by atoms with Gasteiger partial charge in [0.1, 0.15) is 0 Å². The van der Waals surface area contributed by atoms with Crippen LogP contribution in [-0.2, 0) is 17.8 Å². The summed E-state index contributed by atoms with van der Waals surface area (Å²) in [6, 6.07) is 13.2. The molecule has 1 heterocycles. The SMILES string of the molecule is Cc1cc(CN2CCCc3ccccc32)cc(C)c1NC(=O)CC(C)(C)C. The number of rotatable bonds is 4. The van der Waals surface area contributed by atoms with Crippen LogP contribution < -0.4 is 10.2 Å². The summed E-state index contributed by atoms with van der Waals surface area (Å²) >= 11 is 0. The molecule has 0 aliphatic carbocycles. The van der Waals surface area contributed by atoms with Gasteiger partial charge in [-0.2, -0.15) is 0 Å². The van der Waals surface area contributed by atoms with Crippen LogP contribution in [0.15, 0.2) is 36.4 Å². The zero-order valence-corrected chi connectivity index (χ0v) is 17.4. The van der Waals surface area contributed by atoms with Crippen molar-refractivity contribution in [2.45, 2.75) is 60.4 Å². The van der Waals surface area contributed by atoms with E-state index in [0.717, 1.165) is 29.9 Å². The van der Waals surface area contributed by atoms with Crippen LogP contribution >= 0.6 is 0 Å². The maximum atomic E-state index is 12.4. The first-order chi connectivity index (χ1) is 12.7. The summed E-state index contributed by atoms with van der Waals surface area (Å²) in [7, 11) is 0. The Morgan fingerprint density at radius 1 is 1.11 bits per heavy atom. The van der Waals surface area contributed by atoms with Gasteiger partial charge in [-0.15, -0.1) is 0 Å². The van der Waals surface area contributed by atoms with Gasteiger partial charge in [-0.25, -0.2) is 0 Å². The molecular weight excluding hydrogens is 332 g/mol. The minimum absolute atomic E-state index is 0.00646. The van der Waals surface area contributed by atoms with E-state index in [4.69, 9.17) is 0 Å². The van der Waals surface area contributed by atoms with Crippen LogP contribution in [0.2, 0.25) is 0 Å². The normalized spacial score (nSPS) is 14.0. The molecule has 0 saturated heterocycles. The standard InChI is InChI=1S/C24H32N2O/c1-17-13-19(14-18(2)23(17)25-22(27)15-24(3,4)5)16-26-12-8-10-20-9-6-7-11-21(20)26/h6-7,9,11,13-14H,8,10,12,15-16H2,1-5H3,(H,25,27). The quantitative estimate of drug-likeness (QED) is 0.762. The van der Waals surface area contributed by atoms with E-state index >= 15 is 0 Å².